The summed E-state index contributed by atoms with van der Waals surface area (Å²) in [5.41, 5.74) is 1.26. The van der Waals surface area contributed by atoms with Gasteiger partial charge in [0.15, 0.2) is 0 Å². The molecule has 0 aliphatic rings. The van der Waals surface area contributed by atoms with Gasteiger partial charge in [0.05, 0.1) is 0 Å². The van der Waals surface area contributed by atoms with E-state index in [-0.39, 0.29) is 0 Å². The number of hydrogen-bond donors (Lipinski definition) is 0. The second-order valence-electron chi connectivity index (χ2n) is 5.32. The zero-order valence-electron chi connectivity index (χ0n) is 13.1. The molecule has 0 fully saturated rings. The van der Waals surface area contributed by atoms with Crippen LogP contribution >= 0.6 is 0 Å². The highest BCUT2D eigenvalue weighted by molar-refractivity contribution is 6.66. The molecule has 108 valence electrons. The van der Waals surface area contributed by atoms with Crippen LogP contribution in [0.15, 0.2) is 4.99 Å². The van der Waals surface area contributed by atoms with E-state index >= 15 is 0 Å². The van der Waals surface area contributed by atoms with Gasteiger partial charge in [-0.15, -0.1) is 0 Å². The molecule has 0 unspecified atom stereocenters. The van der Waals surface area contributed by atoms with Crippen LogP contribution in [0.4, 0.5) is 0 Å². The fourth-order valence-electron chi connectivity index (χ4n) is 2.12. The Bertz CT molecular complexity index is 236. The summed E-state index contributed by atoms with van der Waals surface area (Å²) < 4.78 is 11.6. The zero-order chi connectivity index (χ0) is 14.0. The monoisotopic (exact) mass is 273 g/mol. The number of hydrogen-bond acceptors (Lipinski definition) is 3. The van der Waals surface area contributed by atoms with E-state index in [0.717, 1.165) is 38.6 Å². The summed E-state index contributed by atoms with van der Waals surface area (Å²) in [4.78, 5) is 4.62. The van der Waals surface area contributed by atoms with Gasteiger partial charge in [0.1, 0.15) is 0 Å². The minimum atomic E-state index is -1.92. The molecule has 0 heterocycles. The first kappa shape index (κ1) is 17.8. The van der Waals surface area contributed by atoms with Crippen molar-refractivity contribution in [2.75, 3.05) is 19.8 Å². The van der Waals surface area contributed by atoms with E-state index in [9.17, 15) is 0 Å². The molecule has 0 N–H and O–H groups in total. The Morgan fingerprint density at radius 2 is 1.72 bits per heavy atom. The second kappa shape index (κ2) is 9.70. The normalized spacial score (nSPS) is 13.4. The first-order chi connectivity index (χ1) is 8.43. The molecule has 0 bridgehead atoms. The topological polar surface area (TPSA) is 30.8 Å². The SMILES string of the molecule is CCO[Si](C)(CCC/N=C(\C)CC(C)C)OCC. The molecule has 0 rings (SSSR count). The molecule has 0 spiro atoms. The average Bonchev–Trinajstić information content (AvgIpc) is 2.24. The third-order valence-corrected chi connectivity index (χ3v) is 5.83. The van der Waals surface area contributed by atoms with Crippen molar-refractivity contribution >= 4 is 14.3 Å². The maximum atomic E-state index is 5.81. The molecule has 0 saturated carbocycles. The predicted octanol–water partition coefficient (Wildman–Crippen LogP) is 4.03. The van der Waals surface area contributed by atoms with Gasteiger partial charge in [-0.05, 0) is 52.1 Å². The van der Waals surface area contributed by atoms with Crippen LogP contribution in [-0.2, 0) is 8.85 Å². The van der Waals surface area contributed by atoms with Gasteiger partial charge in [-0.2, -0.15) is 0 Å². The van der Waals surface area contributed by atoms with Crippen LogP contribution in [-0.4, -0.2) is 34.0 Å². The quantitative estimate of drug-likeness (QED) is 0.342. The van der Waals surface area contributed by atoms with Crippen LogP contribution in [0.2, 0.25) is 12.6 Å². The van der Waals surface area contributed by atoms with Gasteiger partial charge in [-0.3, -0.25) is 4.99 Å². The third kappa shape index (κ3) is 8.83. The van der Waals surface area contributed by atoms with Crippen molar-refractivity contribution in [2.45, 2.75) is 60.1 Å². The van der Waals surface area contributed by atoms with Crippen molar-refractivity contribution in [3.05, 3.63) is 0 Å². The molecule has 0 aromatic carbocycles. The lowest BCUT2D eigenvalue weighted by Crippen LogP contribution is -2.38. The highest BCUT2D eigenvalue weighted by Gasteiger charge is 2.29. The predicted molar refractivity (Wildman–Crippen MR) is 81.7 cm³/mol. The fourth-order valence-corrected chi connectivity index (χ4v) is 4.52. The van der Waals surface area contributed by atoms with Crippen molar-refractivity contribution in [2.24, 2.45) is 10.9 Å². The molecule has 0 aliphatic heterocycles. The summed E-state index contributed by atoms with van der Waals surface area (Å²) in [5, 5.41) is 0. The van der Waals surface area contributed by atoms with E-state index in [2.05, 4.69) is 32.3 Å². The first-order valence-corrected chi connectivity index (χ1v) is 9.73. The van der Waals surface area contributed by atoms with Crippen molar-refractivity contribution < 1.29 is 8.85 Å². The molecule has 0 saturated heterocycles. The first-order valence-electron chi connectivity index (χ1n) is 7.21. The molecule has 0 aromatic rings. The maximum Gasteiger partial charge on any atom is 0.334 e. The molecular weight excluding hydrogens is 242 g/mol. The largest absolute Gasteiger partial charge is 0.395 e. The van der Waals surface area contributed by atoms with Crippen LogP contribution in [0.5, 0.6) is 0 Å². The van der Waals surface area contributed by atoms with E-state index in [0.29, 0.717) is 5.92 Å². The lowest BCUT2D eigenvalue weighted by atomic mass is 10.1. The van der Waals surface area contributed by atoms with Gasteiger partial charge in [-0.25, -0.2) is 0 Å². The zero-order valence-corrected chi connectivity index (χ0v) is 14.1. The summed E-state index contributed by atoms with van der Waals surface area (Å²) in [5.74, 6) is 0.695. The Balaban J connectivity index is 3.99. The Morgan fingerprint density at radius 3 is 2.17 bits per heavy atom. The molecule has 3 nitrogen and oxygen atoms in total. The van der Waals surface area contributed by atoms with Crippen LogP contribution in [0.25, 0.3) is 0 Å². The smallest absolute Gasteiger partial charge is 0.334 e. The van der Waals surface area contributed by atoms with Crippen LogP contribution in [0.1, 0.15) is 47.5 Å². The van der Waals surface area contributed by atoms with Crippen molar-refractivity contribution in [1.29, 1.82) is 0 Å². The summed E-state index contributed by atoms with van der Waals surface area (Å²) in [6.45, 7) is 15.2. The number of nitrogens with zero attached hydrogens (tertiary/aromatic N) is 1. The molecule has 4 heteroatoms. The lowest BCUT2D eigenvalue weighted by Gasteiger charge is -2.25. The van der Waals surface area contributed by atoms with E-state index in [1.54, 1.807) is 0 Å². The minimum Gasteiger partial charge on any atom is -0.395 e. The maximum absolute atomic E-state index is 5.81. The van der Waals surface area contributed by atoms with Gasteiger partial charge in [-0.1, -0.05) is 13.8 Å². The highest BCUT2D eigenvalue weighted by Crippen LogP contribution is 2.16. The van der Waals surface area contributed by atoms with Crippen molar-refractivity contribution in [3.8, 4) is 0 Å². The molecular formula is C14H31NO2Si. The summed E-state index contributed by atoms with van der Waals surface area (Å²) >= 11 is 0. The molecule has 0 aliphatic carbocycles. The summed E-state index contributed by atoms with van der Waals surface area (Å²) in [7, 11) is -1.92. The Morgan fingerprint density at radius 1 is 1.17 bits per heavy atom. The van der Waals surface area contributed by atoms with Gasteiger partial charge < -0.3 is 8.85 Å². The fraction of sp³-hybridized carbons (Fsp3) is 0.929. The van der Waals surface area contributed by atoms with Crippen LogP contribution in [0, 0.1) is 5.92 Å². The van der Waals surface area contributed by atoms with Crippen LogP contribution < -0.4 is 0 Å². The van der Waals surface area contributed by atoms with Gasteiger partial charge >= 0.3 is 8.56 Å². The van der Waals surface area contributed by atoms with E-state index < -0.39 is 8.56 Å². The molecule has 0 aromatic heterocycles. The van der Waals surface area contributed by atoms with E-state index in [4.69, 9.17) is 8.85 Å². The third-order valence-electron chi connectivity index (χ3n) is 2.77. The molecule has 0 atom stereocenters. The lowest BCUT2D eigenvalue weighted by molar-refractivity contribution is 0.188. The van der Waals surface area contributed by atoms with Crippen molar-refractivity contribution in [1.82, 2.24) is 0 Å². The Labute approximate surface area is 114 Å². The number of rotatable bonds is 10. The minimum absolute atomic E-state index is 0.695. The van der Waals surface area contributed by atoms with Crippen molar-refractivity contribution in [3.63, 3.8) is 0 Å². The average molecular weight is 273 g/mol. The Kier molecular flexibility index (Phi) is 9.60. The van der Waals surface area contributed by atoms with Gasteiger partial charge in [0.25, 0.3) is 0 Å². The standard InChI is InChI=1S/C14H31NO2Si/c1-7-16-18(6,17-8-2)11-9-10-15-14(5)12-13(3)4/h13H,7-12H2,1-6H3/b15-14+. The highest BCUT2D eigenvalue weighted by atomic mass is 28.4. The number of aliphatic imine (C=N–C) groups is 1. The van der Waals surface area contributed by atoms with Gasteiger partial charge in [0.2, 0.25) is 0 Å². The molecule has 0 amide bonds. The van der Waals surface area contributed by atoms with E-state index in [1.165, 1.54) is 5.71 Å². The van der Waals surface area contributed by atoms with Gasteiger partial charge in [0, 0.05) is 25.5 Å². The molecule has 18 heavy (non-hydrogen) atoms. The molecule has 0 radical (unpaired) electrons. The summed E-state index contributed by atoms with van der Waals surface area (Å²) in [6.07, 6.45) is 2.17. The van der Waals surface area contributed by atoms with Crippen LogP contribution in [0.3, 0.4) is 0 Å². The summed E-state index contributed by atoms with van der Waals surface area (Å²) in [6, 6.07) is 1.03. The second-order valence-corrected chi connectivity index (χ2v) is 8.66. The Hall–Kier alpha value is -0.193. The van der Waals surface area contributed by atoms with E-state index in [1.807, 2.05) is 13.8 Å².